The molecule has 3 atom stereocenters. The summed E-state index contributed by atoms with van der Waals surface area (Å²) in [6.07, 6.45) is 10.3. The maximum atomic E-state index is 15.0. The highest BCUT2D eigenvalue weighted by Crippen LogP contribution is 2.49. The summed E-state index contributed by atoms with van der Waals surface area (Å²) in [5.41, 5.74) is 3.23. The normalized spacial score (nSPS) is 26.1. The number of hydrogen-bond donors (Lipinski definition) is 2. The molecule has 2 N–H and O–H groups in total. The van der Waals surface area contributed by atoms with E-state index in [4.69, 9.17) is 9.47 Å². The molecule has 1 unspecified atom stereocenters. The van der Waals surface area contributed by atoms with Gasteiger partial charge in [-0.05, 0) is 81.4 Å². The van der Waals surface area contributed by atoms with Gasteiger partial charge < -0.3 is 24.6 Å². The number of aromatic nitrogens is 1. The molecule has 8 nitrogen and oxygen atoms in total. The third kappa shape index (κ3) is 4.60. The molecule has 11 heteroatoms. The SMILES string of the molecule is COC1=CC(C(=O)NC[C@H](c2cc3c(c(-c4c(F)ccc(F)c4F)n2)OC[C@]3(C)C=O)C2CC2)=CC2=CN(C3CC3)NC21C. The number of ether oxygens (including phenoxy) is 2. The van der Waals surface area contributed by atoms with E-state index >= 15 is 8.78 Å². The van der Waals surface area contributed by atoms with E-state index in [0.29, 0.717) is 34.7 Å². The van der Waals surface area contributed by atoms with Gasteiger partial charge in [-0.3, -0.25) is 4.79 Å². The third-order valence-electron chi connectivity index (χ3n) is 9.44. The predicted octanol–water partition coefficient (Wildman–Crippen LogP) is 4.72. The number of nitrogens with one attached hydrogen (secondary N) is 2. The van der Waals surface area contributed by atoms with Crippen molar-refractivity contribution in [2.24, 2.45) is 5.92 Å². The first-order valence-electron chi connectivity index (χ1n) is 14.9. The van der Waals surface area contributed by atoms with E-state index < -0.39 is 34.0 Å². The number of methoxy groups -OCH3 is 1. The molecule has 44 heavy (non-hydrogen) atoms. The van der Waals surface area contributed by atoms with Crippen molar-refractivity contribution in [3.05, 3.63) is 82.2 Å². The van der Waals surface area contributed by atoms with E-state index in [2.05, 4.69) is 20.7 Å². The number of nitrogens with zero attached hydrogens (tertiary/aromatic N) is 2. The second-order valence-corrected chi connectivity index (χ2v) is 12.7. The molecule has 0 bridgehead atoms. The molecule has 0 saturated heterocycles. The standard InChI is InChI=1S/C33H33F3N4O4/c1-32(15-41)16-44-30-22(32)12-25(38-29(30)27-23(34)8-9-24(35)28(27)36)21(17-4-5-17)13-37-31(42)18-10-19-14-40(20-6-7-20)39-33(19,2)26(11-18)43-3/h8-12,14-15,17,20-21,39H,4-7,13,16H2,1-3H3,(H,37,42)/t21-,32-,33?/m0/s1. The highest BCUT2D eigenvalue weighted by atomic mass is 19.2. The topological polar surface area (TPSA) is 92.8 Å². The van der Waals surface area contributed by atoms with Gasteiger partial charge in [-0.15, -0.1) is 0 Å². The van der Waals surface area contributed by atoms with Crippen LogP contribution in [0.1, 0.15) is 56.7 Å². The highest BCUT2D eigenvalue weighted by Gasteiger charge is 2.46. The summed E-state index contributed by atoms with van der Waals surface area (Å²) in [6.45, 7) is 3.84. The Balaban J connectivity index is 1.22. The molecule has 0 radical (unpaired) electrons. The maximum absolute atomic E-state index is 15.0. The molecule has 1 aromatic carbocycles. The summed E-state index contributed by atoms with van der Waals surface area (Å²) in [4.78, 5) is 30.3. The molecule has 5 aliphatic rings. The average molecular weight is 607 g/mol. The van der Waals surface area contributed by atoms with Gasteiger partial charge in [-0.2, -0.15) is 0 Å². The van der Waals surface area contributed by atoms with Crippen LogP contribution in [0.4, 0.5) is 13.2 Å². The molecule has 1 aromatic heterocycles. The fourth-order valence-corrected chi connectivity index (χ4v) is 6.39. The number of halogens is 3. The number of pyridine rings is 1. The van der Waals surface area contributed by atoms with E-state index in [-0.39, 0.29) is 42.3 Å². The summed E-state index contributed by atoms with van der Waals surface area (Å²) in [5, 5.41) is 5.12. The minimum Gasteiger partial charge on any atom is -0.499 e. The zero-order valence-corrected chi connectivity index (χ0v) is 24.7. The lowest BCUT2D eigenvalue weighted by Gasteiger charge is -2.33. The summed E-state index contributed by atoms with van der Waals surface area (Å²) in [5.74, 6) is -3.40. The summed E-state index contributed by atoms with van der Waals surface area (Å²) < 4.78 is 55.8. The molecule has 3 heterocycles. The van der Waals surface area contributed by atoms with Crippen molar-refractivity contribution in [3.8, 4) is 17.0 Å². The van der Waals surface area contributed by atoms with Crippen molar-refractivity contribution in [2.75, 3.05) is 20.3 Å². The Kier molecular flexibility index (Phi) is 6.65. The molecular formula is C33H33F3N4O4. The maximum Gasteiger partial charge on any atom is 0.251 e. The van der Waals surface area contributed by atoms with Crippen molar-refractivity contribution in [1.29, 1.82) is 0 Å². The Morgan fingerprint density at radius 1 is 1.20 bits per heavy atom. The van der Waals surface area contributed by atoms with Crippen molar-refractivity contribution in [3.63, 3.8) is 0 Å². The molecule has 230 valence electrons. The lowest BCUT2D eigenvalue weighted by Crippen LogP contribution is -2.49. The summed E-state index contributed by atoms with van der Waals surface area (Å²) in [6, 6.07) is 3.70. The minimum atomic E-state index is -1.38. The van der Waals surface area contributed by atoms with Gasteiger partial charge in [-0.1, -0.05) is 0 Å². The van der Waals surface area contributed by atoms with Gasteiger partial charge in [-0.25, -0.2) is 23.6 Å². The number of carbonyl (C=O) groups is 2. The Morgan fingerprint density at radius 3 is 2.64 bits per heavy atom. The van der Waals surface area contributed by atoms with Crippen LogP contribution >= 0.6 is 0 Å². The zero-order valence-electron chi connectivity index (χ0n) is 24.7. The van der Waals surface area contributed by atoms with Crippen molar-refractivity contribution in [2.45, 2.75) is 62.4 Å². The van der Waals surface area contributed by atoms with Crippen LogP contribution in [0.3, 0.4) is 0 Å². The number of hydrogen-bond acceptors (Lipinski definition) is 7. The van der Waals surface area contributed by atoms with Crippen LogP contribution in [0.5, 0.6) is 5.75 Å². The minimum absolute atomic E-state index is 0.0442. The molecule has 0 spiro atoms. The molecule has 2 fully saturated rings. The van der Waals surface area contributed by atoms with Crippen LogP contribution in [0.2, 0.25) is 0 Å². The second-order valence-electron chi connectivity index (χ2n) is 12.7. The van der Waals surface area contributed by atoms with Crippen molar-refractivity contribution >= 4 is 12.2 Å². The monoisotopic (exact) mass is 606 g/mol. The first-order chi connectivity index (χ1) is 21.1. The van der Waals surface area contributed by atoms with Gasteiger partial charge in [0.2, 0.25) is 0 Å². The highest BCUT2D eigenvalue weighted by molar-refractivity contribution is 5.97. The van der Waals surface area contributed by atoms with Crippen LogP contribution in [0, 0.1) is 23.4 Å². The fourth-order valence-electron chi connectivity index (χ4n) is 6.39. The van der Waals surface area contributed by atoms with Crippen LogP contribution in [0.25, 0.3) is 11.3 Å². The number of carbonyl (C=O) groups excluding carboxylic acids is 2. The van der Waals surface area contributed by atoms with Gasteiger partial charge in [0.15, 0.2) is 11.6 Å². The third-order valence-corrected chi connectivity index (χ3v) is 9.44. The van der Waals surface area contributed by atoms with Crippen molar-refractivity contribution < 1.29 is 32.2 Å². The average Bonchev–Trinajstić information content (AvgIpc) is 3.95. The number of aldehydes is 1. The Morgan fingerprint density at radius 2 is 1.95 bits per heavy atom. The largest absolute Gasteiger partial charge is 0.499 e. The molecule has 7 rings (SSSR count). The number of amides is 1. The lowest BCUT2D eigenvalue weighted by atomic mass is 9.83. The quantitative estimate of drug-likeness (QED) is 0.315. The number of benzene rings is 1. The summed E-state index contributed by atoms with van der Waals surface area (Å²) in [7, 11) is 1.58. The first-order valence-corrected chi connectivity index (χ1v) is 14.9. The van der Waals surface area contributed by atoms with Crippen molar-refractivity contribution in [1.82, 2.24) is 20.7 Å². The van der Waals surface area contributed by atoms with E-state index in [1.54, 1.807) is 26.2 Å². The Bertz CT molecular complexity index is 1680. The number of fused-ring (bicyclic) bond motifs is 2. The van der Waals surface area contributed by atoms with E-state index in [9.17, 15) is 14.0 Å². The second kappa shape index (κ2) is 10.2. The number of hydrazine groups is 1. The molecule has 2 saturated carbocycles. The Hall–Kier alpha value is -4.12. The van der Waals surface area contributed by atoms with E-state index in [1.165, 1.54) is 0 Å². The zero-order chi connectivity index (χ0) is 31.0. The molecular weight excluding hydrogens is 573 g/mol. The van der Waals surface area contributed by atoms with Gasteiger partial charge in [0.05, 0.1) is 18.1 Å². The van der Waals surface area contributed by atoms with Crippen LogP contribution in [0.15, 0.2) is 53.5 Å². The number of rotatable bonds is 9. The van der Waals surface area contributed by atoms with Crippen LogP contribution in [-0.2, 0) is 19.7 Å². The van der Waals surface area contributed by atoms with E-state index in [0.717, 1.165) is 43.6 Å². The Labute approximate surface area is 253 Å². The van der Waals surface area contributed by atoms with E-state index in [1.807, 2.05) is 19.2 Å². The molecule has 1 amide bonds. The fraction of sp³-hybridized carbons (Fsp3) is 0.424. The molecule has 2 aliphatic heterocycles. The van der Waals surface area contributed by atoms with Gasteiger partial charge >= 0.3 is 0 Å². The van der Waals surface area contributed by atoms with Crippen LogP contribution in [-0.4, -0.2) is 54.0 Å². The predicted molar refractivity (Wildman–Crippen MR) is 155 cm³/mol. The van der Waals surface area contributed by atoms with Gasteiger partial charge in [0.1, 0.15) is 41.5 Å². The first kappa shape index (κ1) is 28.6. The van der Waals surface area contributed by atoms with Gasteiger partial charge in [0, 0.05) is 41.5 Å². The smallest absolute Gasteiger partial charge is 0.251 e. The van der Waals surface area contributed by atoms with Crippen LogP contribution < -0.4 is 15.5 Å². The lowest BCUT2D eigenvalue weighted by molar-refractivity contribution is -0.117. The summed E-state index contributed by atoms with van der Waals surface area (Å²) >= 11 is 0. The molecule has 2 aromatic rings. The molecule has 3 aliphatic carbocycles. The van der Waals surface area contributed by atoms with Gasteiger partial charge in [0.25, 0.3) is 5.91 Å².